The van der Waals surface area contributed by atoms with Gasteiger partial charge in [0.15, 0.2) is 6.23 Å². The van der Waals surface area contributed by atoms with Crippen LogP contribution in [-0.4, -0.2) is 16.4 Å². The minimum atomic E-state index is 0.109. The van der Waals surface area contributed by atoms with Gasteiger partial charge in [-0.05, 0) is 50.3 Å². The zero-order valence-corrected chi connectivity index (χ0v) is 11.4. The SMILES string of the molecule is C=C(C)Cc1ccc2c(cnn2C2CCCCO2)c1. The molecule has 1 aliphatic heterocycles. The zero-order chi connectivity index (χ0) is 13.2. The van der Waals surface area contributed by atoms with Gasteiger partial charge in [-0.15, -0.1) is 0 Å². The molecule has 2 heterocycles. The molecule has 0 bridgehead atoms. The first-order valence-electron chi connectivity index (χ1n) is 6.96. The van der Waals surface area contributed by atoms with Gasteiger partial charge in [0.05, 0.1) is 11.7 Å². The molecule has 1 aromatic carbocycles. The van der Waals surface area contributed by atoms with Crippen LogP contribution in [0.2, 0.25) is 0 Å². The van der Waals surface area contributed by atoms with Gasteiger partial charge in [-0.2, -0.15) is 5.10 Å². The Hall–Kier alpha value is -1.61. The summed E-state index contributed by atoms with van der Waals surface area (Å²) in [5, 5.41) is 5.70. The Kier molecular flexibility index (Phi) is 3.38. The largest absolute Gasteiger partial charge is 0.356 e. The van der Waals surface area contributed by atoms with E-state index >= 15 is 0 Å². The molecule has 0 radical (unpaired) electrons. The van der Waals surface area contributed by atoms with Crippen molar-refractivity contribution >= 4 is 10.9 Å². The Morgan fingerprint density at radius 2 is 2.37 bits per heavy atom. The highest BCUT2D eigenvalue weighted by Gasteiger charge is 2.18. The summed E-state index contributed by atoms with van der Waals surface area (Å²) in [4.78, 5) is 0. The second-order valence-electron chi connectivity index (χ2n) is 5.44. The van der Waals surface area contributed by atoms with Crippen molar-refractivity contribution in [3.63, 3.8) is 0 Å². The number of fused-ring (bicyclic) bond motifs is 1. The summed E-state index contributed by atoms with van der Waals surface area (Å²) >= 11 is 0. The lowest BCUT2D eigenvalue weighted by atomic mass is 10.1. The lowest BCUT2D eigenvalue weighted by molar-refractivity contribution is -0.0366. The Morgan fingerprint density at radius 1 is 1.47 bits per heavy atom. The Morgan fingerprint density at radius 3 is 3.11 bits per heavy atom. The molecule has 0 spiro atoms. The first-order valence-corrected chi connectivity index (χ1v) is 6.96. The highest BCUT2D eigenvalue weighted by molar-refractivity contribution is 5.79. The van der Waals surface area contributed by atoms with Crippen LogP contribution in [0.4, 0.5) is 0 Å². The molecular formula is C16H20N2O. The van der Waals surface area contributed by atoms with E-state index in [0.29, 0.717) is 0 Å². The van der Waals surface area contributed by atoms with Gasteiger partial charge in [0.2, 0.25) is 0 Å². The van der Waals surface area contributed by atoms with E-state index in [-0.39, 0.29) is 6.23 Å². The summed E-state index contributed by atoms with van der Waals surface area (Å²) in [5.74, 6) is 0. The molecule has 0 saturated carbocycles. The molecule has 3 nitrogen and oxygen atoms in total. The van der Waals surface area contributed by atoms with Gasteiger partial charge in [-0.25, -0.2) is 4.68 Å². The van der Waals surface area contributed by atoms with E-state index in [0.717, 1.165) is 25.0 Å². The highest BCUT2D eigenvalue weighted by Crippen LogP contribution is 2.26. The van der Waals surface area contributed by atoms with Crippen molar-refractivity contribution in [3.05, 3.63) is 42.1 Å². The van der Waals surface area contributed by atoms with Crippen LogP contribution in [-0.2, 0) is 11.2 Å². The maximum absolute atomic E-state index is 5.81. The second-order valence-corrected chi connectivity index (χ2v) is 5.44. The normalized spacial score (nSPS) is 19.7. The monoisotopic (exact) mass is 256 g/mol. The van der Waals surface area contributed by atoms with Crippen LogP contribution in [0.25, 0.3) is 10.9 Å². The maximum atomic E-state index is 5.81. The van der Waals surface area contributed by atoms with Crippen LogP contribution < -0.4 is 0 Å². The minimum Gasteiger partial charge on any atom is -0.356 e. The average molecular weight is 256 g/mol. The van der Waals surface area contributed by atoms with Crippen LogP contribution >= 0.6 is 0 Å². The van der Waals surface area contributed by atoms with Gasteiger partial charge >= 0.3 is 0 Å². The van der Waals surface area contributed by atoms with Crippen LogP contribution in [0, 0.1) is 0 Å². The predicted octanol–water partition coefficient (Wildman–Crippen LogP) is 3.85. The number of benzene rings is 1. The molecule has 0 amide bonds. The fraction of sp³-hybridized carbons (Fsp3) is 0.438. The van der Waals surface area contributed by atoms with Crippen LogP contribution in [0.1, 0.15) is 38.0 Å². The molecule has 19 heavy (non-hydrogen) atoms. The van der Waals surface area contributed by atoms with Crippen LogP contribution in [0.3, 0.4) is 0 Å². The van der Waals surface area contributed by atoms with Gasteiger partial charge in [-0.3, -0.25) is 0 Å². The minimum absolute atomic E-state index is 0.109. The quantitative estimate of drug-likeness (QED) is 0.780. The average Bonchev–Trinajstić information content (AvgIpc) is 2.82. The van der Waals surface area contributed by atoms with Gasteiger partial charge in [0.1, 0.15) is 0 Å². The topological polar surface area (TPSA) is 27.1 Å². The van der Waals surface area contributed by atoms with Gasteiger partial charge < -0.3 is 4.74 Å². The Balaban J connectivity index is 1.92. The molecule has 3 heteroatoms. The number of aromatic nitrogens is 2. The number of allylic oxidation sites excluding steroid dienone is 1. The molecule has 2 aromatic rings. The Labute approximate surface area is 113 Å². The number of hydrogen-bond donors (Lipinski definition) is 0. The van der Waals surface area contributed by atoms with E-state index in [2.05, 4.69) is 36.8 Å². The smallest absolute Gasteiger partial charge is 0.150 e. The van der Waals surface area contributed by atoms with Crippen molar-refractivity contribution in [1.29, 1.82) is 0 Å². The fourth-order valence-corrected chi connectivity index (χ4v) is 2.71. The molecule has 1 unspecified atom stereocenters. The van der Waals surface area contributed by atoms with Gasteiger partial charge in [-0.1, -0.05) is 18.2 Å². The molecule has 1 aliphatic rings. The van der Waals surface area contributed by atoms with Crippen molar-refractivity contribution in [2.45, 2.75) is 38.8 Å². The molecule has 1 saturated heterocycles. The summed E-state index contributed by atoms with van der Waals surface area (Å²) in [7, 11) is 0. The van der Waals surface area contributed by atoms with Crippen molar-refractivity contribution in [1.82, 2.24) is 9.78 Å². The summed E-state index contributed by atoms with van der Waals surface area (Å²) in [6.45, 7) is 6.87. The third kappa shape index (κ3) is 2.56. The lowest BCUT2D eigenvalue weighted by Gasteiger charge is -2.23. The van der Waals surface area contributed by atoms with Gasteiger partial charge in [0.25, 0.3) is 0 Å². The second kappa shape index (κ2) is 5.17. The van der Waals surface area contributed by atoms with E-state index < -0.39 is 0 Å². The number of ether oxygens (including phenoxy) is 1. The molecule has 3 rings (SSSR count). The molecule has 1 atom stereocenters. The van der Waals surface area contributed by atoms with Crippen LogP contribution in [0.5, 0.6) is 0 Å². The summed E-state index contributed by atoms with van der Waals surface area (Å²) < 4.78 is 7.84. The Bertz CT molecular complexity index is 594. The summed E-state index contributed by atoms with van der Waals surface area (Å²) in [6, 6.07) is 6.52. The number of hydrogen-bond acceptors (Lipinski definition) is 2. The fourth-order valence-electron chi connectivity index (χ4n) is 2.71. The molecular weight excluding hydrogens is 236 g/mol. The number of nitrogens with zero attached hydrogens (tertiary/aromatic N) is 2. The standard InChI is InChI=1S/C16H20N2O/c1-12(2)9-13-6-7-15-14(10-13)11-17-18(15)16-5-3-4-8-19-16/h6-7,10-11,16H,1,3-5,8-9H2,2H3. The molecule has 1 fully saturated rings. The van der Waals surface area contributed by atoms with E-state index in [1.165, 1.54) is 29.4 Å². The van der Waals surface area contributed by atoms with Crippen molar-refractivity contribution in [2.24, 2.45) is 0 Å². The first kappa shape index (κ1) is 12.4. The third-order valence-corrected chi connectivity index (χ3v) is 3.59. The van der Waals surface area contributed by atoms with Crippen LogP contribution in [0.15, 0.2) is 36.5 Å². The number of rotatable bonds is 3. The first-order chi connectivity index (χ1) is 9.24. The lowest BCUT2D eigenvalue weighted by Crippen LogP contribution is -2.18. The van der Waals surface area contributed by atoms with E-state index in [1.807, 2.05) is 10.9 Å². The van der Waals surface area contributed by atoms with Crippen molar-refractivity contribution in [2.75, 3.05) is 6.61 Å². The van der Waals surface area contributed by atoms with Gasteiger partial charge in [0, 0.05) is 12.0 Å². The zero-order valence-electron chi connectivity index (χ0n) is 11.4. The third-order valence-electron chi connectivity index (χ3n) is 3.59. The molecule has 0 N–H and O–H groups in total. The van der Waals surface area contributed by atoms with Crippen molar-refractivity contribution in [3.8, 4) is 0 Å². The maximum Gasteiger partial charge on any atom is 0.150 e. The van der Waals surface area contributed by atoms with E-state index in [1.54, 1.807) is 0 Å². The highest BCUT2D eigenvalue weighted by atomic mass is 16.5. The van der Waals surface area contributed by atoms with E-state index in [4.69, 9.17) is 4.74 Å². The predicted molar refractivity (Wildman–Crippen MR) is 77.1 cm³/mol. The van der Waals surface area contributed by atoms with E-state index in [9.17, 15) is 0 Å². The summed E-state index contributed by atoms with van der Waals surface area (Å²) in [6.07, 6.45) is 6.43. The molecule has 0 aliphatic carbocycles. The van der Waals surface area contributed by atoms with Crippen molar-refractivity contribution < 1.29 is 4.74 Å². The molecule has 1 aromatic heterocycles. The molecule has 100 valence electrons. The summed E-state index contributed by atoms with van der Waals surface area (Å²) in [5.41, 5.74) is 3.64.